The number of rotatable bonds is 5. The molecule has 19 heavy (non-hydrogen) atoms. The van der Waals surface area contributed by atoms with Gasteiger partial charge >= 0.3 is 5.97 Å². The maximum Gasteiger partial charge on any atom is 0.310 e. The first-order valence-corrected chi connectivity index (χ1v) is 7.47. The zero-order chi connectivity index (χ0) is 13.9. The van der Waals surface area contributed by atoms with Crippen LogP contribution in [0.1, 0.15) is 5.56 Å². The first-order valence-electron chi connectivity index (χ1n) is 5.82. The van der Waals surface area contributed by atoms with E-state index in [2.05, 4.69) is 4.72 Å². The molecule has 1 fully saturated rings. The summed E-state index contributed by atoms with van der Waals surface area (Å²) in [4.78, 5) is 10.9. The second-order valence-corrected chi connectivity index (χ2v) is 6.21. The Bertz CT molecular complexity index is 542. The predicted octanol–water partition coefficient (Wildman–Crippen LogP) is 0.206. The van der Waals surface area contributed by atoms with Gasteiger partial charge in [0.2, 0.25) is 10.0 Å². The molecule has 1 aromatic carbocycles. The van der Waals surface area contributed by atoms with Gasteiger partial charge in [-0.1, -0.05) is 30.3 Å². The van der Waals surface area contributed by atoms with Crippen LogP contribution in [0.25, 0.3) is 0 Å². The van der Waals surface area contributed by atoms with Crippen molar-refractivity contribution >= 4 is 16.0 Å². The predicted molar refractivity (Wildman–Crippen MR) is 67.9 cm³/mol. The van der Waals surface area contributed by atoms with Crippen LogP contribution in [0.15, 0.2) is 30.3 Å². The van der Waals surface area contributed by atoms with Crippen LogP contribution in [0.5, 0.6) is 0 Å². The first-order chi connectivity index (χ1) is 8.98. The van der Waals surface area contributed by atoms with E-state index in [1.54, 1.807) is 30.3 Å². The minimum atomic E-state index is -3.58. The number of hydrogen-bond donors (Lipinski definition) is 2. The van der Waals surface area contributed by atoms with E-state index < -0.39 is 28.0 Å². The number of carboxylic acid groups (broad SMARTS) is 1. The van der Waals surface area contributed by atoms with Crippen molar-refractivity contribution < 1.29 is 23.1 Å². The molecule has 6 nitrogen and oxygen atoms in total. The molecule has 0 spiro atoms. The Labute approximate surface area is 111 Å². The van der Waals surface area contributed by atoms with Crippen molar-refractivity contribution in [2.45, 2.75) is 11.8 Å². The van der Waals surface area contributed by atoms with Crippen molar-refractivity contribution in [2.75, 3.05) is 13.2 Å². The highest BCUT2D eigenvalue weighted by Crippen LogP contribution is 2.16. The lowest BCUT2D eigenvalue weighted by atomic mass is 10.1. The van der Waals surface area contributed by atoms with Gasteiger partial charge < -0.3 is 9.84 Å². The number of carbonyl (C=O) groups is 1. The molecule has 2 atom stereocenters. The van der Waals surface area contributed by atoms with E-state index in [4.69, 9.17) is 9.84 Å². The largest absolute Gasteiger partial charge is 0.481 e. The Morgan fingerprint density at radius 1 is 1.32 bits per heavy atom. The van der Waals surface area contributed by atoms with Gasteiger partial charge in [-0.05, 0) is 5.56 Å². The molecule has 1 aliphatic rings. The molecule has 0 bridgehead atoms. The number of carboxylic acids is 1. The SMILES string of the molecule is O=C(O)C1COCC1NS(=O)(=O)Cc1ccccc1. The summed E-state index contributed by atoms with van der Waals surface area (Å²) in [6.45, 7) is 0.124. The first kappa shape index (κ1) is 14.0. The molecule has 0 aliphatic carbocycles. The Morgan fingerprint density at radius 2 is 2.00 bits per heavy atom. The zero-order valence-electron chi connectivity index (χ0n) is 10.2. The van der Waals surface area contributed by atoms with Gasteiger partial charge in [0.1, 0.15) is 0 Å². The molecular formula is C12H15NO5S. The summed E-state index contributed by atoms with van der Waals surface area (Å²) in [5.41, 5.74) is 0.654. The topological polar surface area (TPSA) is 92.7 Å². The molecule has 2 unspecified atom stereocenters. The van der Waals surface area contributed by atoms with Crippen LogP contribution in [0, 0.1) is 5.92 Å². The van der Waals surface area contributed by atoms with Crippen LogP contribution < -0.4 is 4.72 Å². The summed E-state index contributed by atoms with van der Waals surface area (Å²) in [7, 11) is -3.58. The van der Waals surface area contributed by atoms with Crippen molar-refractivity contribution in [1.29, 1.82) is 0 Å². The van der Waals surface area contributed by atoms with Crippen molar-refractivity contribution in [1.82, 2.24) is 4.72 Å². The monoisotopic (exact) mass is 285 g/mol. The van der Waals surface area contributed by atoms with Crippen molar-refractivity contribution in [3.05, 3.63) is 35.9 Å². The van der Waals surface area contributed by atoms with Crippen molar-refractivity contribution in [3.63, 3.8) is 0 Å². The van der Waals surface area contributed by atoms with Gasteiger partial charge in [0, 0.05) is 0 Å². The van der Waals surface area contributed by atoms with Crippen LogP contribution in [-0.4, -0.2) is 38.7 Å². The van der Waals surface area contributed by atoms with Gasteiger partial charge in [-0.25, -0.2) is 13.1 Å². The number of aliphatic carboxylic acids is 1. The maximum atomic E-state index is 12.0. The highest BCUT2D eigenvalue weighted by atomic mass is 32.2. The van der Waals surface area contributed by atoms with E-state index >= 15 is 0 Å². The quantitative estimate of drug-likeness (QED) is 0.806. The molecule has 1 aliphatic heterocycles. The summed E-state index contributed by atoms with van der Waals surface area (Å²) < 4.78 is 31.3. The lowest BCUT2D eigenvalue weighted by Crippen LogP contribution is -2.43. The fraction of sp³-hybridized carbons (Fsp3) is 0.417. The van der Waals surface area contributed by atoms with E-state index in [0.717, 1.165) is 0 Å². The highest BCUT2D eigenvalue weighted by molar-refractivity contribution is 7.88. The number of sulfonamides is 1. The molecule has 104 valence electrons. The van der Waals surface area contributed by atoms with Crippen LogP contribution in [0.3, 0.4) is 0 Å². The van der Waals surface area contributed by atoms with E-state index in [9.17, 15) is 13.2 Å². The number of hydrogen-bond acceptors (Lipinski definition) is 4. The van der Waals surface area contributed by atoms with Gasteiger partial charge in [0.25, 0.3) is 0 Å². The van der Waals surface area contributed by atoms with Crippen LogP contribution >= 0.6 is 0 Å². The molecule has 1 saturated heterocycles. The molecule has 0 amide bonds. The van der Waals surface area contributed by atoms with Crippen molar-refractivity contribution in [3.8, 4) is 0 Å². The lowest BCUT2D eigenvalue weighted by Gasteiger charge is -2.15. The van der Waals surface area contributed by atoms with Gasteiger partial charge in [0.05, 0.1) is 30.9 Å². The van der Waals surface area contributed by atoms with Crippen LogP contribution in [-0.2, 0) is 25.3 Å². The lowest BCUT2D eigenvalue weighted by molar-refractivity contribution is -0.142. The van der Waals surface area contributed by atoms with Gasteiger partial charge in [0.15, 0.2) is 0 Å². The maximum absolute atomic E-state index is 12.0. The zero-order valence-corrected chi connectivity index (χ0v) is 11.0. The summed E-state index contributed by atoms with van der Waals surface area (Å²) >= 11 is 0. The van der Waals surface area contributed by atoms with Gasteiger partial charge in [-0.3, -0.25) is 4.79 Å². The normalized spacial score (nSPS) is 23.4. The summed E-state index contributed by atoms with van der Waals surface area (Å²) in [5, 5.41) is 8.96. The fourth-order valence-electron chi connectivity index (χ4n) is 1.98. The molecule has 0 radical (unpaired) electrons. The number of nitrogens with one attached hydrogen (secondary N) is 1. The standard InChI is InChI=1S/C12H15NO5S/c14-12(15)10-6-18-7-11(10)13-19(16,17)8-9-4-2-1-3-5-9/h1-5,10-11,13H,6-8H2,(H,14,15). The average Bonchev–Trinajstić information content (AvgIpc) is 2.77. The third-order valence-electron chi connectivity index (χ3n) is 2.93. The summed E-state index contributed by atoms with van der Waals surface area (Å²) in [6, 6.07) is 8.02. The molecule has 2 rings (SSSR count). The number of benzene rings is 1. The fourth-order valence-corrected chi connectivity index (χ4v) is 3.39. The molecule has 7 heteroatoms. The van der Waals surface area contributed by atoms with E-state index in [0.29, 0.717) is 5.56 Å². The Hall–Kier alpha value is -1.44. The molecule has 1 aromatic rings. The summed E-state index contributed by atoms with van der Waals surface area (Å²) in [6.07, 6.45) is 0. The van der Waals surface area contributed by atoms with E-state index in [1.807, 2.05) is 0 Å². The summed E-state index contributed by atoms with van der Waals surface area (Å²) in [5.74, 6) is -2.05. The third-order valence-corrected chi connectivity index (χ3v) is 4.30. The molecule has 0 aromatic heterocycles. The Kier molecular flexibility index (Phi) is 4.18. The number of ether oxygens (including phenoxy) is 1. The smallest absolute Gasteiger partial charge is 0.310 e. The molecule has 1 heterocycles. The van der Waals surface area contributed by atoms with Crippen LogP contribution in [0.2, 0.25) is 0 Å². The van der Waals surface area contributed by atoms with E-state index in [-0.39, 0.29) is 19.0 Å². The minimum Gasteiger partial charge on any atom is -0.481 e. The van der Waals surface area contributed by atoms with Gasteiger partial charge in [-0.15, -0.1) is 0 Å². The highest BCUT2D eigenvalue weighted by Gasteiger charge is 2.36. The Balaban J connectivity index is 2.03. The van der Waals surface area contributed by atoms with E-state index in [1.165, 1.54) is 0 Å². The minimum absolute atomic E-state index is 0.0356. The van der Waals surface area contributed by atoms with Gasteiger partial charge in [-0.2, -0.15) is 0 Å². The third kappa shape index (κ3) is 3.76. The van der Waals surface area contributed by atoms with Crippen molar-refractivity contribution in [2.24, 2.45) is 5.92 Å². The molecule has 2 N–H and O–H groups in total. The second-order valence-electron chi connectivity index (χ2n) is 4.45. The van der Waals surface area contributed by atoms with Crippen LogP contribution in [0.4, 0.5) is 0 Å². The Morgan fingerprint density at radius 3 is 2.63 bits per heavy atom. The average molecular weight is 285 g/mol. The molecule has 0 saturated carbocycles. The molecular weight excluding hydrogens is 270 g/mol. The second kappa shape index (κ2) is 5.68.